The number of carboxylic acids is 1. The Morgan fingerprint density at radius 3 is 1.74 bits per heavy atom. The molecule has 0 bridgehead atoms. The molecular weight excluding hydrogens is 332 g/mol. The molecule has 0 spiro atoms. The van der Waals surface area contributed by atoms with Gasteiger partial charge in [0.15, 0.2) is 0 Å². The molecule has 0 aromatic rings. The molecule has 2 heteroatoms. The summed E-state index contributed by atoms with van der Waals surface area (Å²) in [5.74, 6) is -0.524. The van der Waals surface area contributed by atoms with E-state index >= 15 is 0 Å². The van der Waals surface area contributed by atoms with Crippen LogP contribution in [0.5, 0.6) is 0 Å². The first-order valence-electron chi connectivity index (χ1n) is 11.6. The van der Waals surface area contributed by atoms with E-state index in [1.54, 1.807) is 5.57 Å². The normalized spacial score (nSPS) is 23.3. The molecule has 0 heterocycles. The van der Waals surface area contributed by atoms with E-state index in [0.717, 1.165) is 64.2 Å². The first-order chi connectivity index (χ1) is 12.9. The van der Waals surface area contributed by atoms with E-state index in [4.69, 9.17) is 0 Å². The summed E-state index contributed by atoms with van der Waals surface area (Å²) in [7, 11) is 0. The van der Waals surface area contributed by atoms with Gasteiger partial charge in [0.05, 0.1) is 5.41 Å². The molecule has 1 aliphatic rings. The molecule has 0 saturated carbocycles. The van der Waals surface area contributed by atoms with E-state index in [-0.39, 0.29) is 5.92 Å². The quantitative estimate of drug-likeness (QED) is 0.353. The SMILES string of the molecule is CCCCC1=C(CCCC)C(C)C(C)(C(=O)O)C(CCCC)=C1CCCC. The third-order valence-corrected chi connectivity index (χ3v) is 6.72. The Morgan fingerprint density at radius 1 is 0.815 bits per heavy atom. The first-order valence-corrected chi connectivity index (χ1v) is 11.6. The van der Waals surface area contributed by atoms with Gasteiger partial charge in [0, 0.05) is 0 Å². The Kier molecular flexibility index (Phi) is 10.4. The summed E-state index contributed by atoms with van der Waals surface area (Å²) >= 11 is 0. The zero-order valence-corrected chi connectivity index (χ0v) is 18.9. The number of rotatable bonds is 13. The van der Waals surface area contributed by atoms with Gasteiger partial charge in [-0.05, 0) is 80.9 Å². The van der Waals surface area contributed by atoms with Crippen LogP contribution in [0.3, 0.4) is 0 Å². The van der Waals surface area contributed by atoms with Crippen molar-refractivity contribution in [2.75, 3.05) is 0 Å². The number of hydrogen-bond donors (Lipinski definition) is 1. The number of carbonyl (C=O) groups is 1. The first kappa shape index (κ1) is 24.0. The number of aliphatic carboxylic acids is 1. The van der Waals surface area contributed by atoms with E-state index in [9.17, 15) is 9.90 Å². The summed E-state index contributed by atoms with van der Waals surface area (Å²) in [6.07, 6.45) is 13.4. The topological polar surface area (TPSA) is 37.3 Å². The van der Waals surface area contributed by atoms with Crippen LogP contribution < -0.4 is 0 Å². The third kappa shape index (κ3) is 5.48. The van der Waals surface area contributed by atoms with Crippen LogP contribution in [0.4, 0.5) is 0 Å². The van der Waals surface area contributed by atoms with Gasteiger partial charge in [-0.3, -0.25) is 4.79 Å². The molecule has 1 rings (SSSR count). The summed E-state index contributed by atoms with van der Waals surface area (Å²) in [6, 6.07) is 0. The second-order valence-corrected chi connectivity index (χ2v) is 8.60. The number of allylic oxidation sites excluding steroid dienone is 3. The minimum atomic E-state index is -0.739. The molecule has 0 radical (unpaired) electrons. The van der Waals surface area contributed by atoms with Gasteiger partial charge in [-0.15, -0.1) is 0 Å². The highest BCUT2D eigenvalue weighted by atomic mass is 16.4. The van der Waals surface area contributed by atoms with E-state index in [1.165, 1.54) is 29.6 Å². The summed E-state index contributed by atoms with van der Waals surface area (Å²) in [5.41, 5.74) is 4.96. The molecule has 0 aromatic heterocycles. The monoisotopic (exact) mass is 376 g/mol. The van der Waals surface area contributed by atoms with Crippen LogP contribution in [0.2, 0.25) is 0 Å². The van der Waals surface area contributed by atoms with E-state index in [1.807, 2.05) is 6.92 Å². The van der Waals surface area contributed by atoms with Crippen LogP contribution in [0.1, 0.15) is 119 Å². The lowest BCUT2D eigenvalue weighted by Gasteiger charge is -2.43. The van der Waals surface area contributed by atoms with Crippen LogP contribution >= 0.6 is 0 Å². The van der Waals surface area contributed by atoms with E-state index < -0.39 is 11.4 Å². The third-order valence-electron chi connectivity index (χ3n) is 6.72. The highest BCUT2D eigenvalue weighted by Gasteiger charge is 2.48. The van der Waals surface area contributed by atoms with Crippen molar-refractivity contribution in [2.45, 2.75) is 119 Å². The highest BCUT2D eigenvalue weighted by molar-refractivity contribution is 5.81. The van der Waals surface area contributed by atoms with E-state index in [2.05, 4.69) is 34.6 Å². The summed E-state index contributed by atoms with van der Waals surface area (Å²) in [6.45, 7) is 13.1. The fourth-order valence-corrected chi connectivity index (χ4v) is 4.69. The van der Waals surface area contributed by atoms with Gasteiger partial charge in [-0.1, -0.05) is 65.9 Å². The van der Waals surface area contributed by atoms with Gasteiger partial charge < -0.3 is 5.11 Å². The van der Waals surface area contributed by atoms with Crippen LogP contribution in [0.15, 0.2) is 22.3 Å². The van der Waals surface area contributed by atoms with Crippen LogP contribution in [0.25, 0.3) is 0 Å². The molecule has 2 atom stereocenters. The predicted octanol–water partition coefficient (Wildman–Crippen LogP) is 8.08. The van der Waals surface area contributed by atoms with Gasteiger partial charge in [-0.2, -0.15) is 0 Å². The fourth-order valence-electron chi connectivity index (χ4n) is 4.69. The standard InChI is InChI=1S/C25H44O2/c1-7-11-15-20-19(5)25(6,24(26)27)23(18-14-10-4)22(17-13-9-3)21(20)16-12-8-2/h19H,7-18H2,1-6H3,(H,26,27). The summed E-state index contributed by atoms with van der Waals surface area (Å²) in [5, 5.41) is 10.3. The molecule has 27 heavy (non-hydrogen) atoms. The number of unbranched alkanes of at least 4 members (excludes halogenated alkanes) is 4. The van der Waals surface area contributed by atoms with Crippen LogP contribution in [-0.4, -0.2) is 11.1 Å². The van der Waals surface area contributed by atoms with Gasteiger partial charge >= 0.3 is 5.97 Å². The molecule has 1 N–H and O–H groups in total. The molecule has 0 fully saturated rings. The van der Waals surface area contributed by atoms with Crippen LogP contribution in [0, 0.1) is 11.3 Å². The largest absolute Gasteiger partial charge is 0.481 e. The molecule has 156 valence electrons. The second-order valence-electron chi connectivity index (χ2n) is 8.60. The molecule has 0 aromatic carbocycles. The smallest absolute Gasteiger partial charge is 0.314 e. The van der Waals surface area contributed by atoms with Crippen molar-refractivity contribution in [2.24, 2.45) is 11.3 Å². The Bertz CT molecular complexity index is 541. The maximum absolute atomic E-state index is 12.6. The van der Waals surface area contributed by atoms with Gasteiger partial charge in [0.1, 0.15) is 0 Å². The Balaban J connectivity index is 3.62. The predicted molar refractivity (Wildman–Crippen MR) is 117 cm³/mol. The average molecular weight is 377 g/mol. The van der Waals surface area contributed by atoms with Crippen molar-refractivity contribution in [3.05, 3.63) is 22.3 Å². The summed E-state index contributed by atoms with van der Waals surface area (Å²) in [4.78, 5) is 12.6. The van der Waals surface area contributed by atoms with Crippen molar-refractivity contribution in [1.29, 1.82) is 0 Å². The lowest BCUT2D eigenvalue weighted by molar-refractivity contribution is -0.148. The van der Waals surface area contributed by atoms with Crippen molar-refractivity contribution >= 4 is 5.97 Å². The van der Waals surface area contributed by atoms with Crippen LogP contribution in [-0.2, 0) is 4.79 Å². The highest BCUT2D eigenvalue weighted by Crippen LogP contribution is 2.52. The van der Waals surface area contributed by atoms with Crippen molar-refractivity contribution in [3.63, 3.8) is 0 Å². The lowest BCUT2D eigenvalue weighted by Crippen LogP contribution is -2.41. The lowest BCUT2D eigenvalue weighted by atomic mass is 9.59. The Hall–Kier alpha value is -1.05. The van der Waals surface area contributed by atoms with Crippen molar-refractivity contribution in [3.8, 4) is 0 Å². The maximum Gasteiger partial charge on any atom is 0.314 e. The zero-order chi connectivity index (χ0) is 20.4. The molecule has 0 amide bonds. The van der Waals surface area contributed by atoms with Gasteiger partial charge in [0.2, 0.25) is 0 Å². The summed E-state index contributed by atoms with van der Waals surface area (Å²) < 4.78 is 0. The minimum absolute atomic E-state index is 0.102. The number of hydrogen-bond acceptors (Lipinski definition) is 1. The molecule has 0 saturated heterocycles. The molecule has 1 aliphatic carbocycles. The molecular formula is C25H44O2. The Morgan fingerprint density at radius 2 is 1.26 bits per heavy atom. The average Bonchev–Trinajstić information content (AvgIpc) is 2.65. The van der Waals surface area contributed by atoms with Gasteiger partial charge in [-0.25, -0.2) is 0 Å². The van der Waals surface area contributed by atoms with Crippen molar-refractivity contribution in [1.82, 2.24) is 0 Å². The molecule has 2 nitrogen and oxygen atoms in total. The zero-order valence-electron chi connectivity index (χ0n) is 18.9. The van der Waals surface area contributed by atoms with Gasteiger partial charge in [0.25, 0.3) is 0 Å². The number of carboxylic acid groups (broad SMARTS) is 1. The fraction of sp³-hybridized carbons (Fsp3) is 0.800. The van der Waals surface area contributed by atoms with E-state index in [0.29, 0.717) is 0 Å². The minimum Gasteiger partial charge on any atom is -0.481 e. The van der Waals surface area contributed by atoms with Crippen molar-refractivity contribution < 1.29 is 9.90 Å². The maximum atomic E-state index is 12.6. The molecule has 0 aliphatic heterocycles. The Labute approximate surface area is 168 Å². The molecule has 2 unspecified atom stereocenters. The second kappa shape index (κ2) is 11.7.